The van der Waals surface area contributed by atoms with E-state index in [0.29, 0.717) is 17.4 Å². The van der Waals surface area contributed by atoms with E-state index in [1.807, 2.05) is 21.1 Å². The number of esters is 2. The molecule has 2 unspecified atom stereocenters. The van der Waals surface area contributed by atoms with Crippen LogP contribution in [0.1, 0.15) is 335 Å². The molecule has 0 fully saturated rings. The number of hydrogen-bond donors (Lipinski definition) is 1. The summed E-state index contributed by atoms with van der Waals surface area (Å²) < 4.78 is 22.8. The van der Waals surface area contributed by atoms with Crippen LogP contribution >= 0.6 is 0 Å². The number of quaternary nitrogens is 1. The van der Waals surface area contributed by atoms with Gasteiger partial charge in [-0.15, -0.1) is 0 Å². The van der Waals surface area contributed by atoms with Gasteiger partial charge in [-0.25, -0.2) is 4.79 Å². The predicted molar refractivity (Wildman–Crippen MR) is 309 cm³/mol. The molecule has 2 atom stereocenters. The quantitative estimate of drug-likeness (QED) is 0.0278. The molecule has 0 radical (unpaired) electrons. The fraction of sp³-hybridized carbons (Fsp3) is 0.953. The molecule has 0 aromatic heterocycles. The van der Waals surface area contributed by atoms with E-state index in [-0.39, 0.29) is 38.2 Å². The Hall–Kier alpha value is -1.71. The van der Waals surface area contributed by atoms with Gasteiger partial charge in [0.2, 0.25) is 0 Å². The summed E-state index contributed by atoms with van der Waals surface area (Å²) in [6.07, 6.45) is 62.5. The highest BCUT2D eigenvalue weighted by molar-refractivity contribution is 5.71. The third kappa shape index (κ3) is 57.8. The van der Waals surface area contributed by atoms with Crippen LogP contribution in [0.15, 0.2) is 0 Å². The highest BCUT2D eigenvalue weighted by Crippen LogP contribution is 2.19. The van der Waals surface area contributed by atoms with Crippen LogP contribution in [0.5, 0.6) is 0 Å². The van der Waals surface area contributed by atoms with E-state index < -0.39 is 18.4 Å². The van der Waals surface area contributed by atoms with Gasteiger partial charge in [0.15, 0.2) is 6.10 Å². The van der Waals surface area contributed by atoms with Crippen LogP contribution in [0.3, 0.4) is 0 Å². The maximum atomic E-state index is 12.8. The van der Waals surface area contributed by atoms with E-state index >= 15 is 0 Å². The van der Waals surface area contributed by atoms with Gasteiger partial charge in [0.05, 0.1) is 34.4 Å². The van der Waals surface area contributed by atoms with Gasteiger partial charge in [-0.1, -0.05) is 309 Å². The van der Waals surface area contributed by atoms with Crippen LogP contribution in [0.2, 0.25) is 0 Å². The fourth-order valence-corrected chi connectivity index (χ4v) is 9.90. The number of carbonyl (C=O) groups is 3. The Bertz CT molecular complexity index is 1160. The van der Waals surface area contributed by atoms with Crippen molar-refractivity contribution in [2.45, 2.75) is 347 Å². The molecule has 0 saturated heterocycles. The first-order chi connectivity index (χ1) is 35.6. The van der Waals surface area contributed by atoms with Crippen LogP contribution in [-0.4, -0.2) is 87.4 Å². The van der Waals surface area contributed by atoms with Gasteiger partial charge >= 0.3 is 17.9 Å². The second kappa shape index (κ2) is 56.5. The lowest BCUT2D eigenvalue weighted by Crippen LogP contribution is -2.40. The molecular formula is C64H126NO8+. The second-order valence-electron chi connectivity index (χ2n) is 23.4. The van der Waals surface area contributed by atoms with Crippen LogP contribution in [0.4, 0.5) is 0 Å². The average molecular weight is 1040 g/mol. The molecule has 9 nitrogen and oxygen atoms in total. The molecule has 0 heterocycles. The van der Waals surface area contributed by atoms with Crippen molar-refractivity contribution in [3.05, 3.63) is 0 Å². The molecule has 0 aliphatic rings. The number of aliphatic carboxylic acids is 1. The summed E-state index contributed by atoms with van der Waals surface area (Å²) in [7, 11) is 5.98. The Kier molecular flexibility index (Phi) is 55.2. The summed E-state index contributed by atoms with van der Waals surface area (Å²) >= 11 is 0. The SMILES string of the molecule is CCCCCCCCCCCCCCCCCCCCCCCCCCCCCCCCCCCCCCCCC(=O)OC(COC(=O)CCCCCCCCCCCC)COC(OCC[N+](C)(C)C)C(=O)O. The summed E-state index contributed by atoms with van der Waals surface area (Å²) in [6.45, 7) is 4.92. The monoisotopic (exact) mass is 1040 g/mol. The third-order valence-electron chi connectivity index (χ3n) is 14.9. The number of rotatable bonds is 61. The highest BCUT2D eigenvalue weighted by atomic mass is 16.7. The summed E-state index contributed by atoms with van der Waals surface area (Å²) in [6, 6.07) is 0. The van der Waals surface area contributed by atoms with Crippen molar-refractivity contribution < 1.29 is 42.9 Å². The highest BCUT2D eigenvalue weighted by Gasteiger charge is 2.25. The van der Waals surface area contributed by atoms with Crippen molar-refractivity contribution in [3.8, 4) is 0 Å². The van der Waals surface area contributed by atoms with Gasteiger partial charge in [-0.05, 0) is 12.8 Å². The van der Waals surface area contributed by atoms with Crippen molar-refractivity contribution in [1.82, 2.24) is 0 Å². The van der Waals surface area contributed by atoms with Gasteiger partial charge in [0, 0.05) is 12.8 Å². The van der Waals surface area contributed by atoms with Crippen LogP contribution in [0.25, 0.3) is 0 Å². The molecular weight excluding hydrogens is 911 g/mol. The second-order valence-corrected chi connectivity index (χ2v) is 23.4. The Morgan fingerprint density at radius 3 is 0.877 bits per heavy atom. The molecule has 0 aliphatic heterocycles. The van der Waals surface area contributed by atoms with E-state index in [1.54, 1.807) is 0 Å². The molecule has 73 heavy (non-hydrogen) atoms. The van der Waals surface area contributed by atoms with E-state index in [9.17, 15) is 19.5 Å². The van der Waals surface area contributed by atoms with Crippen molar-refractivity contribution in [2.75, 3.05) is 47.5 Å². The minimum absolute atomic E-state index is 0.173. The maximum Gasteiger partial charge on any atom is 0.361 e. The molecule has 9 heteroatoms. The number of nitrogens with zero attached hydrogens (tertiary/aromatic N) is 1. The van der Waals surface area contributed by atoms with E-state index in [4.69, 9.17) is 18.9 Å². The Balaban J connectivity index is 3.84. The predicted octanol–water partition coefficient (Wildman–Crippen LogP) is 19.1. The fourth-order valence-electron chi connectivity index (χ4n) is 9.90. The molecule has 0 rings (SSSR count). The molecule has 0 saturated carbocycles. The zero-order valence-electron chi connectivity index (χ0n) is 49.6. The van der Waals surface area contributed by atoms with Gasteiger partial charge in [0.25, 0.3) is 6.29 Å². The lowest BCUT2D eigenvalue weighted by Gasteiger charge is -2.25. The molecule has 1 N–H and O–H groups in total. The largest absolute Gasteiger partial charge is 0.477 e. The molecule has 434 valence electrons. The van der Waals surface area contributed by atoms with Crippen molar-refractivity contribution in [3.63, 3.8) is 0 Å². The standard InChI is InChI=1S/C64H125NO8/c1-6-8-10-12-14-16-18-19-20-21-22-23-24-25-26-27-28-29-30-31-32-33-34-35-36-37-38-39-40-41-42-43-44-45-47-49-51-53-55-62(67)73-60(59-72-64(63(68)69)70-57-56-65(3,4)5)58-71-61(66)54-52-50-48-46-17-15-13-11-9-7-2/h60,64H,6-59H2,1-5H3/p+1. The molecule has 0 amide bonds. The number of carbonyl (C=O) groups excluding carboxylic acids is 2. The smallest absolute Gasteiger partial charge is 0.361 e. The minimum Gasteiger partial charge on any atom is -0.477 e. The van der Waals surface area contributed by atoms with Crippen molar-refractivity contribution in [1.29, 1.82) is 0 Å². The molecule has 0 aromatic carbocycles. The lowest BCUT2D eigenvalue weighted by atomic mass is 10.0. The molecule has 0 aromatic rings. The van der Waals surface area contributed by atoms with Gasteiger partial charge in [0.1, 0.15) is 13.2 Å². The Morgan fingerprint density at radius 1 is 0.356 bits per heavy atom. The van der Waals surface area contributed by atoms with Crippen LogP contribution in [0, 0.1) is 0 Å². The van der Waals surface area contributed by atoms with E-state index in [1.165, 1.54) is 270 Å². The Labute approximate surface area is 453 Å². The topological polar surface area (TPSA) is 108 Å². The number of unbranched alkanes of at least 4 members (excludes halogenated alkanes) is 46. The van der Waals surface area contributed by atoms with E-state index in [0.717, 1.165) is 38.5 Å². The Morgan fingerprint density at radius 2 is 0.616 bits per heavy atom. The molecule has 0 spiro atoms. The van der Waals surface area contributed by atoms with E-state index in [2.05, 4.69) is 13.8 Å². The first-order valence-corrected chi connectivity index (χ1v) is 32.2. The lowest BCUT2D eigenvalue weighted by molar-refractivity contribution is -0.870. The first-order valence-electron chi connectivity index (χ1n) is 32.2. The number of hydrogen-bond acceptors (Lipinski definition) is 7. The summed E-state index contributed by atoms with van der Waals surface area (Å²) in [5.41, 5.74) is 0. The summed E-state index contributed by atoms with van der Waals surface area (Å²) in [4.78, 5) is 37.3. The third-order valence-corrected chi connectivity index (χ3v) is 14.9. The number of carboxylic acid groups (broad SMARTS) is 1. The van der Waals surface area contributed by atoms with Crippen LogP contribution in [-0.2, 0) is 33.3 Å². The van der Waals surface area contributed by atoms with Gasteiger partial charge in [-0.2, -0.15) is 0 Å². The first kappa shape index (κ1) is 71.3. The van der Waals surface area contributed by atoms with Gasteiger partial charge in [-0.3, -0.25) is 9.59 Å². The normalized spacial score (nSPS) is 12.6. The maximum absolute atomic E-state index is 12.8. The zero-order chi connectivity index (χ0) is 53.4. The van der Waals surface area contributed by atoms with Gasteiger partial charge < -0.3 is 28.5 Å². The summed E-state index contributed by atoms with van der Waals surface area (Å²) in [5, 5.41) is 9.68. The molecule has 0 bridgehead atoms. The molecule has 0 aliphatic carbocycles. The number of ether oxygens (including phenoxy) is 4. The average Bonchev–Trinajstić information content (AvgIpc) is 3.36. The van der Waals surface area contributed by atoms with Crippen molar-refractivity contribution >= 4 is 17.9 Å². The number of likely N-dealkylation sites (N-methyl/N-ethyl adjacent to an activating group) is 1. The summed E-state index contributed by atoms with van der Waals surface area (Å²) in [5.74, 6) is -1.98. The number of carboxylic acids is 1. The minimum atomic E-state index is -1.50. The van der Waals surface area contributed by atoms with Crippen molar-refractivity contribution in [2.24, 2.45) is 0 Å². The zero-order valence-corrected chi connectivity index (χ0v) is 49.6. The van der Waals surface area contributed by atoms with Crippen LogP contribution < -0.4 is 0 Å².